The number of carboxylic acids is 1. The van der Waals surface area contributed by atoms with Gasteiger partial charge in [-0.2, -0.15) is 0 Å². The number of aliphatic hydroxyl groups is 1. The third-order valence-electron chi connectivity index (χ3n) is 5.71. The molecule has 0 fully saturated rings. The lowest BCUT2D eigenvalue weighted by atomic mass is 9.82. The lowest BCUT2D eigenvalue weighted by Crippen LogP contribution is -2.43. The first kappa shape index (κ1) is 23.8. The van der Waals surface area contributed by atoms with Crippen LogP contribution in [0.3, 0.4) is 0 Å². The minimum absolute atomic E-state index is 0.0387. The van der Waals surface area contributed by atoms with Crippen molar-refractivity contribution in [3.63, 3.8) is 0 Å². The van der Waals surface area contributed by atoms with E-state index in [1.54, 1.807) is 60.7 Å². The summed E-state index contributed by atoms with van der Waals surface area (Å²) < 4.78 is 11.8. The normalized spacial score (nSPS) is 18.8. The summed E-state index contributed by atoms with van der Waals surface area (Å²) in [7, 11) is 0. The van der Waals surface area contributed by atoms with Crippen LogP contribution in [0.25, 0.3) is 10.4 Å². The molecular weight excluding hydrogens is 448 g/mol. The lowest BCUT2D eigenvalue weighted by Gasteiger charge is -2.28. The van der Waals surface area contributed by atoms with Gasteiger partial charge in [-0.3, -0.25) is 0 Å². The largest absolute Gasteiger partial charge is 0.494 e. The standard InChI is InChI=1S/C26H24N4O5/c27-30-29-22-10-5-4-9-20(22)17-26(25(32)33)23(18-7-2-1-3-8-18)35-24(28-26)19-11-13-21(14-12-19)34-16-6-15-31/h1-5,7-14,23,31H,6,15-17H2,(H,32,33)/t23-,26-/m1/s1. The maximum Gasteiger partial charge on any atom is 0.336 e. The zero-order valence-electron chi connectivity index (χ0n) is 18.8. The summed E-state index contributed by atoms with van der Waals surface area (Å²) in [5, 5.41) is 23.1. The second-order valence-electron chi connectivity index (χ2n) is 8.00. The Morgan fingerprint density at radius 3 is 2.49 bits per heavy atom. The van der Waals surface area contributed by atoms with Gasteiger partial charge >= 0.3 is 5.97 Å². The Bertz CT molecular complexity index is 1260. The second-order valence-corrected chi connectivity index (χ2v) is 8.00. The third-order valence-corrected chi connectivity index (χ3v) is 5.71. The summed E-state index contributed by atoms with van der Waals surface area (Å²) in [5.41, 5.74) is 9.43. The first-order valence-electron chi connectivity index (χ1n) is 11.1. The predicted octanol–water partition coefficient (Wildman–Crippen LogP) is 4.97. The number of carboxylic acid groups (broad SMARTS) is 1. The molecule has 9 nitrogen and oxygen atoms in total. The summed E-state index contributed by atoms with van der Waals surface area (Å²) >= 11 is 0. The van der Waals surface area contributed by atoms with Crippen LogP contribution >= 0.6 is 0 Å². The molecule has 0 aliphatic carbocycles. The SMILES string of the molecule is [N-]=[N+]=Nc1ccccc1C[C@@]1(C(=O)O)N=C(c2ccc(OCCCO)cc2)O[C@@H]1c1ccccc1. The van der Waals surface area contributed by atoms with E-state index in [4.69, 9.17) is 20.1 Å². The monoisotopic (exact) mass is 472 g/mol. The van der Waals surface area contributed by atoms with E-state index in [-0.39, 0.29) is 18.9 Å². The summed E-state index contributed by atoms with van der Waals surface area (Å²) in [5.74, 6) is -0.335. The van der Waals surface area contributed by atoms with Crippen molar-refractivity contribution >= 4 is 17.6 Å². The summed E-state index contributed by atoms with van der Waals surface area (Å²) in [6.45, 7) is 0.430. The van der Waals surface area contributed by atoms with Crippen LogP contribution in [0.4, 0.5) is 5.69 Å². The van der Waals surface area contributed by atoms with Gasteiger partial charge in [-0.15, -0.1) is 0 Å². The molecule has 0 saturated carbocycles. The summed E-state index contributed by atoms with van der Waals surface area (Å²) in [6.07, 6.45) is -0.423. The number of aliphatic carboxylic acids is 1. The van der Waals surface area contributed by atoms with Crippen LogP contribution in [0, 0.1) is 0 Å². The maximum absolute atomic E-state index is 12.8. The van der Waals surface area contributed by atoms with Crippen molar-refractivity contribution in [3.8, 4) is 5.75 Å². The van der Waals surface area contributed by atoms with E-state index in [0.717, 1.165) is 0 Å². The number of aliphatic imine (C=N–C) groups is 1. The van der Waals surface area contributed by atoms with Gasteiger partial charge in [-0.05, 0) is 40.9 Å². The van der Waals surface area contributed by atoms with Crippen molar-refractivity contribution in [3.05, 3.63) is 106 Å². The number of benzene rings is 3. The number of rotatable bonds is 10. The zero-order valence-corrected chi connectivity index (χ0v) is 18.8. The molecule has 1 aliphatic heterocycles. The van der Waals surface area contributed by atoms with Crippen LogP contribution in [0.2, 0.25) is 0 Å². The highest BCUT2D eigenvalue weighted by atomic mass is 16.5. The molecule has 1 heterocycles. The molecule has 0 unspecified atom stereocenters. The number of hydrogen-bond donors (Lipinski definition) is 2. The molecule has 2 atom stereocenters. The average molecular weight is 473 g/mol. The van der Waals surface area contributed by atoms with E-state index in [2.05, 4.69) is 15.0 Å². The highest BCUT2D eigenvalue weighted by molar-refractivity contribution is 5.99. The quantitative estimate of drug-likeness (QED) is 0.186. The fraction of sp³-hybridized carbons (Fsp3) is 0.231. The molecule has 0 amide bonds. The zero-order chi connectivity index (χ0) is 24.7. The number of carbonyl (C=O) groups is 1. The predicted molar refractivity (Wildman–Crippen MR) is 130 cm³/mol. The van der Waals surface area contributed by atoms with Gasteiger partial charge in [-0.1, -0.05) is 59.7 Å². The molecule has 2 N–H and O–H groups in total. The Hall–Kier alpha value is -4.33. The summed E-state index contributed by atoms with van der Waals surface area (Å²) in [6, 6.07) is 22.9. The molecule has 1 aliphatic rings. The van der Waals surface area contributed by atoms with Crippen LogP contribution in [-0.2, 0) is 16.0 Å². The molecule has 178 valence electrons. The Kier molecular flexibility index (Phi) is 7.30. The van der Waals surface area contributed by atoms with Crippen molar-refractivity contribution < 1.29 is 24.5 Å². The number of hydrogen-bond acceptors (Lipinski definition) is 6. The first-order chi connectivity index (χ1) is 17.1. The molecular formula is C26H24N4O5. The van der Waals surface area contributed by atoms with Crippen molar-refractivity contribution in [2.24, 2.45) is 10.1 Å². The number of ether oxygens (including phenoxy) is 2. The number of nitrogens with zero attached hydrogens (tertiary/aromatic N) is 4. The van der Waals surface area contributed by atoms with Gasteiger partial charge in [0.25, 0.3) is 0 Å². The van der Waals surface area contributed by atoms with Crippen molar-refractivity contribution in [2.45, 2.75) is 24.5 Å². The fourth-order valence-corrected chi connectivity index (χ4v) is 3.99. The van der Waals surface area contributed by atoms with Crippen molar-refractivity contribution in [1.82, 2.24) is 0 Å². The van der Waals surface area contributed by atoms with Gasteiger partial charge in [0, 0.05) is 35.6 Å². The van der Waals surface area contributed by atoms with Gasteiger partial charge in [-0.25, -0.2) is 9.79 Å². The minimum Gasteiger partial charge on any atom is -0.494 e. The molecule has 3 aromatic rings. The van der Waals surface area contributed by atoms with Crippen LogP contribution in [0.5, 0.6) is 5.75 Å². The van der Waals surface area contributed by atoms with E-state index < -0.39 is 17.6 Å². The van der Waals surface area contributed by atoms with E-state index in [9.17, 15) is 9.90 Å². The smallest absolute Gasteiger partial charge is 0.336 e. The molecule has 35 heavy (non-hydrogen) atoms. The fourth-order valence-electron chi connectivity index (χ4n) is 3.99. The van der Waals surface area contributed by atoms with Gasteiger partial charge in [0.05, 0.1) is 6.61 Å². The van der Waals surface area contributed by atoms with Crippen LogP contribution in [0.15, 0.2) is 89.0 Å². The number of aliphatic hydroxyl groups excluding tert-OH is 1. The molecule has 4 rings (SSSR count). The topological polar surface area (TPSA) is 137 Å². The van der Waals surface area contributed by atoms with E-state index in [1.165, 1.54) is 0 Å². The van der Waals surface area contributed by atoms with Gasteiger partial charge in [0.1, 0.15) is 5.75 Å². The third kappa shape index (κ3) is 5.11. The van der Waals surface area contributed by atoms with Gasteiger partial charge in [0.2, 0.25) is 11.4 Å². The Labute approximate surface area is 201 Å². The maximum atomic E-state index is 12.8. The van der Waals surface area contributed by atoms with Crippen LogP contribution in [0.1, 0.15) is 29.2 Å². The summed E-state index contributed by atoms with van der Waals surface area (Å²) in [4.78, 5) is 20.3. The van der Waals surface area contributed by atoms with E-state index in [1.807, 2.05) is 18.2 Å². The van der Waals surface area contributed by atoms with Crippen LogP contribution in [-0.4, -0.2) is 40.8 Å². The Morgan fingerprint density at radius 2 is 1.80 bits per heavy atom. The molecule has 9 heteroatoms. The van der Waals surface area contributed by atoms with Gasteiger partial charge < -0.3 is 19.7 Å². The highest BCUT2D eigenvalue weighted by Crippen LogP contribution is 2.43. The van der Waals surface area contributed by atoms with E-state index >= 15 is 0 Å². The first-order valence-corrected chi connectivity index (χ1v) is 11.1. The van der Waals surface area contributed by atoms with Gasteiger partial charge in [0.15, 0.2) is 6.10 Å². The molecule has 0 radical (unpaired) electrons. The molecule has 0 spiro atoms. The molecule has 0 bridgehead atoms. The van der Waals surface area contributed by atoms with E-state index in [0.29, 0.717) is 41.2 Å². The number of azide groups is 1. The van der Waals surface area contributed by atoms with Crippen molar-refractivity contribution in [2.75, 3.05) is 13.2 Å². The Morgan fingerprint density at radius 1 is 1.09 bits per heavy atom. The second kappa shape index (κ2) is 10.7. The molecule has 3 aromatic carbocycles. The lowest BCUT2D eigenvalue weighted by molar-refractivity contribution is -0.146. The Balaban J connectivity index is 1.75. The highest BCUT2D eigenvalue weighted by Gasteiger charge is 2.53. The minimum atomic E-state index is -1.69. The molecule has 0 aromatic heterocycles. The van der Waals surface area contributed by atoms with Crippen molar-refractivity contribution in [1.29, 1.82) is 0 Å². The average Bonchev–Trinajstić information content (AvgIpc) is 3.27. The molecule has 0 saturated heterocycles. The van der Waals surface area contributed by atoms with Crippen LogP contribution < -0.4 is 4.74 Å².